The van der Waals surface area contributed by atoms with Crippen molar-refractivity contribution in [2.75, 3.05) is 25.0 Å². The number of amides is 1. The fraction of sp³-hybridized carbons (Fsp3) is 0.263. The number of esters is 1. The Bertz CT molecular complexity index is 703. The van der Waals surface area contributed by atoms with Gasteiger partial charge in [-0.25, -0.2) is 4.79 Å². The van der Waals surface area contributed by atoms with Crippen LogP contribution in [0.2, 0.25) is 0 Å². The summed E-state index contributed by atoms with van der Waals surface area (Å²) < 4.78 is 10.1. The van der Waals surface area contributed by atoms with Crippen molar-refractivity contribution in [1.82, 2.24) is 0 Å². The summed E-state index contributed by atoms with van der Waals surface area (Å²) in [5, 5.41) is 0. The number of hydrogen-bond acceptors (Lipinski definition) is 4. The molecule has 5 nitrogen and oxygen atoms in total. The summed E-state index contributed by atoms with van der Waals surface area (Å²) in [4.78, 5) is 26.2. The molecule has 25 heavy (non-hydrogen) atoms. The highest BCUT2D eigenvalue weighted by Crippen LogP contribution is 2.24. The number of nitrogens with zero attached hydrogens (tertiary/aromatic N) is 1. The molecule has 2 aromatic rings. The van der Waals surface area contributed by atoms with Crippen LogP contribution in [0, 0.1) is 0 Å². The molecule has 0 saturated carbocycles. The number of ether oxygens (including phenoxy) is 2. The summed E-state index contributed by atoms with van der Waals surface area (Å²) in [7, 11) is 2.86. The second-order valence-corrected chi connectivity index (χ2v) is 5.59. The smallest absolute Gasteiger partial charge is 0.329 e. The maximum Gasteiger partial charge on any atom is 0.329 e. The van der Waals surface area contributed by atoms with E-state index in [4.69, 9.17) is 21.1 Å². The third kappa shape index (κ3) is 4.73. The van der Waals surface area contributed by atoms with Gasteiger partial charge >= 0.3 is 5.97 Å². The van der Waals surface area contributed by atoms with E-state index >= 15 is 0 Å². The lowest BCUT2D eigenvalue weighted by molar-refractivity contribution is -0.143. The van der Waals surface area contributed by atoms with E-state index in [0.29, 0.717) is 17.9 Å². The minimum absolute atomic E-state index is 0.242. The van der Waals surface area contributed by atoms with Crippen LogP contribution in [0.4, 0.5) is 5.69 Å². The van der Waals surface area contributed by atoms with Crippen LogP contribution >= 0.6 is 11.6 Å². The SMILES string of the molecule is COC(=O)[C@H](Cc1ccccc1)N(C(=O)CCl)c1ccc(OC)cc1. The molecule has 0 aliphatic heterocycles. The van der Waals surface area contributed by atoms with Gasteiger partial charge in [0.25, 0.3) is 0 Å². The fourth-order valence-corrected chi connectivity index (χ4v) is 2.69. The average molecular weight is 362 g/mol. The van der Waals surface area contributed by atoms with Crippen molar-refractivity contribution in [3.63, 3.8) is 0 Å². The third-order valence-corrected chi connectivity index (χ3v) is 4.02. The Morgan fingerprint density at radius 2 is 1.68 bits per heavy atom. The number of hydrogen-bond donors (Lipinski definition) is 0. The number of methoxy groups -OCH3 is 2. The van der Waals surface area contributed by atoms with Gasteiger partial charge in [0.05, 0.1) is 14.2 Å². The van der Waals surface area contributed by atoms with Crippen LogP contribution in [0.3, 0.4) is 0 Å². The molecule has 0 heterocycles. The Morgan fingerprint density at radius 1 is 1.04 bits per heavy atom. The van der Waals surface area contributed by atoms with Crippen LogP contribution in [-0.4, -0.2) is 38.0 Å². The van der Waals surface area contributed by atoms with Gasteiger partial charge < -0.3 is 9.47 Å². The molecule has 1 atom stereocenters. The predicted octanol–water partition coefficient (Wildman–Crippen LogP) is 3.05. The van der Waals surface area contributed by atoms with Gasteiger partial charge in [-0.15, -0.1) is 11.6 Å². The number of benzene rings is 2. The van der Waals surface area contributed by atoms with Crippen LogP contribution < -0.4 is 9.64 Å². The van der Waals surface area contributed by atoms with Crippen LogP contribution in [0.5, 0.6) is 5.75 Å². The van der Waals surface area contributed by atoms with E-state index in [9.17, 15) is 9.59 Å². The summed E-state index contributed by atoms with van der Waals surface area (Å²) in [6, 6.07) is 15.5. The van der Waals surface area contributed by atoms with E-state index in [0.717, 1.165) is 5.56 Å². The Hall–Kier alpha value is -2.53. The average Bonchev–Trinajstić information content (AvgIpc) is 2.67. The molecule has 0 fully saturated rings. The molecule has 0 aliphatic carbocycles. The molecule has 2 rings (SSSR count). The molecular weight excluding hydrogens is 342 g/mol. The number of rotatable bonds is 7. The van der Waals surface area contributed by atoms with Crippen molar-refractivity contribution in [3.05, 3.63) is 60.2 Å². The standard InChI is InChI=1S/C19H20ClNO4/c1-24-16-10-8-15(9-11-16)21(18(22)13-20)17(19(23)25-2)12-14-6-4-3-5-7-14/h3-11,17H,12-13H2,1-2H3/t17-/m0/s1. The molecule has 0 radical (unpaired) electrons. The lowest BCUT2D eigenvalue weighted by Gasteiger charge is -2.30. The molecule has 0 aromatic heterocycles. The van der Waals surface area contributed by atoms with Crippen LogP contribution in [0.1, 0.15) is 5.56 Å². The van der Waals surface area contributed by atoms with Crippen molar-refractivity contribution >= 4 is 29.2 Å². The monoisotopic (exact) mass is 361 g/mol. The van der Waals surface area contributed by atoms with Gasteiger partial charge in [0.1, 0.15) is 17.7 Å². The van der Waals surface area contributed by atoms with Gasteiger partial charge in [-0.3, -0.25) is 9.69 Å². The van der Waals surface area contributed by atoms with E-state index in [-0.39, 0.29) is 11.8 Å². The first kappa shape index (κ1) is 18.8. The zero-order chi connectivity index (χ0) is 18.2. The van der Waals surface area contributed by atoms with E-state index in [1.54, 1.807) is 31.4 Å². The normalized spacial score (nSPS) is 11.5. The Balaban J connectivity index is 2.41. The van der Waals surface area contributed by atoms with Crippen molar-refractivity contribution in [3.8, 4) is 5.75 Å². The van der Waals surface area contributed by atoms with E-state index < -0.39 is 12.0 Å². The molecule has 0 aliphatic rings. The summed E-state index contributed by atoms with van der Waals surface area (Å²) in [5.74, 6) is -0.468. The second kappa shape index (κ2) is 9.08. The van der Waals surface area contributed by atoms with Gasteiger partial charge in [0.2, 0.25) is 5.91 Å². The molecule has 0 saturated heterocycles. The van der Waals surface area contributed by atoms with Crippen molar-refractivity contribution in [1.29, 1.82) is 0 Å². The lowest BCUT2D eigenvalue weighted by atomic mass is 10.0. The van der Waals surface area contributed by atoms with Crippen molar-refractivity contribution < 1.29 is 19.1 Å². The first-order valence-corrected chi connectivity index (χ1v) is 8.28. The Labute approximate surface area is 152 Å². The van der Waals surface area contributed by atoms with E-state index in [2.05, 4.69) is 0 Å². The van der Waals surface area contributed by atoms with Crippen LogP contribution in [-0.2, 0) is 20.7 Å². The first-order chi connectivity index (χ1) is 12.1. The van der Waals surface area contributed by atoms with Crippen LogP contribution in [0.25, 0.3) is 0 Å². The first-order valence-electron chi connectivity index (χ1n) is 7.74. The number of halogens is 1. The minimum atomic E-state index is -0.813. The summed E-state index contributed by atoms with van der Waals surface area (Å²) in [6.07, 6.45) is 0.322. The maximum absolute atomic E-state index is 12.5. The molecule has 6 heteroatoms. The van der Waals surface area contributed by atoms with Crippen molar-refractivity contribution in [2.45, 2.75) is 12.5 Å². The zero-order valence-corrected chi connectivity index (χ0v) is 14.9. The molecule has 0 unspecified atom stereocenters. The Kier molecular flexibility index (Phi) is 6.83. The number of carbonyl (C=O) groups is 2. The predicted molar refractivity (Wildman–Crippen MR) is 97.2 cm³/mol. The van der Waals surface area contributed by atoms with Gasteiger partial charge in [0.15, 0.2) is 0 Å². The largest absolute Gasteiger partial charge is 0.497 e. The molecular formula is C19H20ClNO4. The van der Waals surface area contributed by atoms with Gasteiger partial charge in [-0.05, 0) is 29.8 Å². The van der Waals surface area contributed by atoms with Crippen LogP contribution in [0.15, 0.2) is 54.6 Å². The quantitative estimate of drug-likeness (QED) is 0.562. The fourth-order valence-electron chi connectivity index (χ4n) is 2.56. The maximum atomic E-state index is 12.5. The van der Waals surface area contributed by atoms with E-state index in [1.165, 1.54) is 12.0 Å². The number of alkyl halides is 1. The molecule has 132 valence electrons. The molecule has 0 spiro atoms. The number of anilines is 1. The highest BCUT2D eigenvalue weighted by Gasteiger charge is 2.31. The minimum Gasteiger partial charge on any atom is -0.497 e. The zero-order valence-electron chi connectivity index (χ0n) is 14.1. The van der Waals surface area contributed by atoms with Gasteiger partial charge in [-0.2, -0.15) is 0 Å². The second-order valence-electron chi connectivity index (χ2n) is 5.32. The van der Waals surface area contributed by atoms with Crippen molar-refractivity contribution in [2.24, 2.45) is 0 Å². The lowest BCUT2D eigenvalue weighted by Crippen LogP contribution is -2.48. The molecule has 0 bridgehead atoms. The summed E-state index contributed by atoms with van der Waals surface area (Å²) in [6.45, 7) is 0. The summed E-state index contributed by atoms with van der Waals surface area (Å²) in [5.41, 5.74) is 1.47. The highest BCUT2D eigenvalue weighted by atomic mass is 35.5. The van der Waals surface area contributed by atoms with Gasteiger partial charge in [0, 0.05) is 12.1 Å². The third-order valence-electron chi connectivity index (χ3n) is 3.79. The highest BCUT2D eigenvalue weighted by molar-refractivity contribution is 6.29. The Morgan fingerprint density at radius 3 is 2.20 bits per heavy atom. The topological polar surface area (TPSA) is 55.8 Å². The van der Waals surface area contributed by atoms with E-state index in [1.807, 2.05) is 30.3 Å². The molecule has 2 aromatic carbocycles. The number of carbonyl (C=O) groups excluding carboxylic acids is 2. The molecule has 1 amide bonds. The molecule has 0 N–H and O–H groups in total. The van der Waals surface area contributed by atoms with Gasteiger partial charge in [-0.1, -0.05) is 30.3 Å². The summed E-state index contributed by atoms with van der Waals surface area (Å²) >= 11 is 5.78.